The number of amides is 2. The zero-order valence-corrected chi connectivity index (χ0v) is 20.6. The number of nitrogens with two attached hydrogens (primary N) is 1. The molecule has 1 heterocycles. The summed E-state index contributed by atoms with van der Waals surface area (Å²) in [5, 5.41) is 11.7. The van der Waals surface area contributed by atoms with Gasteiger partial charge in [0.15, 0.2) is 0 Å². The molecule has 1 aliphatic heterocycles. The predicted octanol–water partition coefficient (Wildman–Crippen LogP) is 2.50. The number of ether oxygens (including phenoxy) is 1. The summed E-state index contributed by atoms with van der Waals surface area (Å²) in [6.07, 6.45) is 4.93. The Balaban J connectivity index is 1.27. The zero-order valence-electron chi connectivity index (χ0n) is 20.6. The predicted molar refractivity (Wildman–Crippen MR) is 137 cm³/mol. The van der Waals surface area contributed by atoms with Crippen molar-refractivity contribution >= 4 is 29.2 Å². The number of aromatic carboxylic acids is 1. The monoisotopic (exact) mass is 494 g/mol. The van der Waals surface area contributed by atoms with E-state index in [4.69, 9.17) is 15.6 Å². The largest absolute Gasteiger partial charge is 0.478 e. The molecule has 0 unspecified atom stereocenters. The van der Waals surface area contributed by atoms with Crippen molar-refractivity contribution in [2.45, 2.75) is 50.3 Å². The van der Waals surface area contributed by atoms with Crippen LogP contribution in [0.25, 0.3) is 0 Å². The Kier molecular flexibility index (Phi) is 8.35. The molecule has 2 aromatic carbocycles. The third-order valence-electron chi connectivity index (χ3n) is 7.18. The number of carboxylic acids is 1. The number of carbonyl (C=O) groups excluding carboxylic acids is 2. The minimum atomic E-state index is -1.03. The van der Waals surface area contributed by atoms with Crippen molar-refractivity contribution in [1.29, 1.82) is 0 Å². The molecule has 4 N–H and O–H groups in total. The first-order chi connectivity index (χ1) is 17.3. The Hall–Kier alpha value is -3.27. The van der Waals surface area contributed by atoms with Gasteiger partial charge < -0.3 is 25.8 Å². The van der Waals surface area contributed by atoms with E-state index in [1.807, 2.05) is 29.2 Å². The van der Waals surface area contributed by atoms with Crippen molar-refractivity contribution in [1.82, 2.24) is 4.90 Å². The molecule has 1 aliphatic carbocycles. The van der Waals surface area contributed by atoms with Gasteiger partial charge in [-0.1, -0.05) is 12.1 Å². The summed E-state index contributed by atoms with van der Waals surface area (Å²) < 4.78 is 5.47. The van der Waals surface area contributed by atoms with Crippen LogP contribution in [0.2, 0.25) is 0 Å². The lowest BCUT2D eigenvalue weighted by Crippen LogP contribution is -2.54. The van der Waals surface area contributed by atoms with Crippen LogP contribution in [0.3, 0.4) is 0 Å². The second kappa shape index (κ2) is 11.6. The van der Waals surface area contributed by atoms with Crippen molar-refractivity contribution in [3.05, 3.63) is 59.7 Å². The second-order valence-corrected chi connectivity index (χ2v) is 9.53. The number of methoxy groups -OCH3 is 1. The van der Waals surface area contributed by atoms with Crippen LogP contribution in [0.15, 0.2) is 48.5 Å². The van der Waals surface area contributed by atoms with Crippen LogP contribution < -0.4 is 16.0 Å². The molecule has 2 fully saturated rings. The summed E-state index contributed by atoms with van der Waals surface area (Å²) in [5.74, 6) is -1.28. The minimum absolute atomic E-state index is 0.105. The lowest BCUT2D eigenvalue weighted by Gasteiger charge is -2.41. The highest BCUT2D eigenvalue weighted by atomic mass is 16.5. The van der Waals surface area contributed by atoms with Gasteiger partial charge in [-0.15, -0.1) is 0 Å². The van der Waals surface area contributed by atoms with Gasteiger partial charge in [0, 0.05) is 37.6 Å². The van der Waals surface area contributed by atoms with E-state index in [-0.39, 0.29) is 17.4 Å². The summed E-state index contributed by atoms with van der Waals surface area (Å²) in [6.45, 7) is 1.95. The Labute approximate surface area is 211 Å². The highest BCUT2D eigenvalue weighted by molar-refractivity contribution is 5.96. The fourth-order valence-electron chi connectivity index (χ4n) is 5.01. The number of hydrogen-bond acceptors (Lipinski definition) is 6. The molecule has 1 atom stereocenters. The van der Waals surface area contributed by atoms with E-state index in [2.05, 4.69) is 10.2 Å². The van der Waals surface area contributed by atoms with Gasteiger partial charge in [0.2, 0.25) is 11.8 Å². The van der Waals surface area contributed by atoms with E-state index in [9.17, 15) is 14.4 Å². The van der Waals surface area contributed by atoms with Gasteiger partial charge >= 0.3 is 5.97 Å². The van der Waals surface area contributed by atoms with Crippen molar-refractivity contribution in [3.8, 4) is 0 Å². The highest BCUT2D eigenvalue weighted by Crippen LogP contribution is 2.27. The molecular formula is C27H34N4O5. The minimum Gasteiger partial charge on any atom is -0.478 e. The number of anilines is 2. The maximum absolute atomic E-state index is 12.9. The summed E-state index contributed by atoms with van der Waals surface area (Å²) >= 11 is 0. The first-order valence-corrected chi connectivity index (χ1v) is 12.4. The standard InChI is InChI=1S/C27H34N4O5/c1-36-23-12-10-21(11-13-23)30-14-15-31(25(32)17-30)22-8-2-18(3-9-22)16-24(28)26(33)29-20-6-4-19(5-7-20)27(34)35/h2-9,21,23-24H,10-17,28H2,1H3,(H,29,33)(H,34,35)/t21?,23?,24-/m0/s1. The molecule has 192 valence electrons. The van der Waals surface area contributed by atoms with E-state index < -0.39 is 12.0 Å². The van der Waals surface area contributed by atoms with Gasteiger partial charge in [0.25, 0.3) is 0 Å². The molecule has 9 nitrogen and oxygen atoms in total. The molecule has 36 heavy (non-hydrogen) atoms. The summed E-state index contributed by atoms with van der Waals surface area (Å²) in [5.41, 5.74) is 8.47. The molecule has 2 amide bonds. The lowest BCUT2D eigenvalue weighted by atomic mass is 9.91. The van der Waals surface area contributed by atoms with Crippen molar-refractivity contribution in [2.75, 3.05) is 37.0 Å². The van der Waals surface area contributed by atoms with Crippen LogP contribution in [-0.2, 0) is 20.7 Å². The van der Waals surface area contributed by atoms with Gasteiger partial charge in [-0.05, 0) is 74.1 Å². The smallest absolute Gasteiger partial charge is 0.335 e. The summed E-state index contributed by atoms with van der Waals surface area (Å²) in [6, 6.07) is 13.2. The van der Waals surface area contributed by atoms with Gasteiger partial charge in [0.05, 0.1) is 24.3 Å². The average molecular weight is 495 g/mol. The van der Waals surface area contributed by atoms with Crippen molar-refractivity contribution in [2.24, 2.45) is 5.73 Å². The molecule has 0 radical (unpaired) electrons. The molecular weight excluding hydrogens is 460 g/mol. The highest BCUT2D eigenvalue weighted by Gasteiger charge is 2.32. The summed E-state index contributed by atoms with van der Waals surface area (Å²) in [7, 11) is 1.77. The third kappa shape index (κ3) is 6.29. The first-order valence-electron chi connectivity index (χ1n) is 12.4. The number of carbonyl (C=O) groups is 3. The van der Waals surface area contributed by atoms with E-state index >= 15 is 0 Å². The Bertz CT molecular complexity index is 1060. The van der Waals surface area contributed by atoms with Crippen molar-refractivity contribution < 1.29 is 24.2 Å². The number of carboxylic acid groups (broad SMARTS) is 1. The average Bonchev–Trinajstić information content (AvgIpc) is 2.89. The first kappa shape index (κ1) is 25.8. The molecule has 0 bridgehead atoms. The van der Waals surface area contributed by atoms with Crippen LogP contribution in [0.5, 0.6) is 0 Å². The van der Waals surface area contributed by atoms with Crippen LogP contribution >= 0.6 is 0 Å². The molecule has 1 saturated carbocycles. The van der Waals surface area contributed by atoms with Crippen LogP contribution in [0.1, 0.15) is 41.6 Å². The SMILES string of the molecule is COC1CCC(N2CCN(c3ccc(C[C@H](N)C(=O)Nc4ccc(C(=O)O)cc4)cc3)C(=O)C2)CC1. The van der Waals surface area contributed by atoms with E-state index in [0.717, 1.165) is 43.5 Å². The van der Waals surface area contributed by atoms with E-state index in [1.165, 1.54) is 24.3 Å². The fourth-order valence-corrected chi connectivity index (χ4v) is 5.01. The Morgan fingerprint density at radius 2 is 1.72 bits per heavy atom. The molecule has 4 rings (SSSR count). The van der Waals surface area contributed by atoms with Crippen LogP contribution in [-0.4, -0.2) is 72.7 Å². The van der Waals surface area contributed by atoms with Gasteiger partial charge in [-0.2, -0.15) is 0 Å². The Morgan fingerprint density at radius 3 is 2.31 bits per heavy atom. The molecule has 0 spiro atoms. The third-order valence-corrected chi connectivity index (χ3v) is 7.18. The molecule has 9 heteroatoms. The maximum atomic E-state index is 12.9. The number of benzene rings is 2. The maximum Gasteiger partial charge on any atom is 0.335 e. The molecule has 2 aliphatic rings. The van der Waals surface area contributed by atoms with Crippen LogP contribution in [0.4, 0.5) is 11.4 Å². The topological polar surface area (TPSA) is 125 Å². The lowest BCUT2D eigenvalue weighted by molar-refractivity contribution is -0.122. The number of piperazine rings is 1. The second-order valence-electron chi connectivity index (χ2n) is 9.53. The summed E-state index contributed by atoms with van der Waals surface area (Å²) in [4.78, 5) is 40.5. The molecule has 0 aromatic heterocycles. The Morgan fingerprint density at radius 1 is 1.06 bits per heavy atom. The van der Waals surface area contributed by atoms with Gasteiger partial charge in [-0.25, -0.2) is 4.79 Å². The quantitative estimate of drug-likeness (QED) is 0.515. The number of nitrogens with zero attached hydrogens (tertiary/aromatic N) is 2. The number of nitrogens with one attached hydrogen (secondary N) is 1. The molecule has 2 aromatic rings. The number of hydrogen-bond donors (Lipinski definition) is 3. The zero-order chi connectivity index (χ0) is 25.7. The van der Waals surface area contributed by atoms with Gasteiger partial charge in [0.1, 0.15) is 0 Å². The van der Waals surface area contributed by atoms with Gasteiger partial charge in [-0.3, -0.25) is 14.5 Å². The molecule has 1 saturated heterocycles. The normalized spacial score (nSPS) is 21.7. The van der Waals surface area contributed by atoms with E-state index in [1.54, 1.807) is 7.11 Å². The fraction of sp³-hybridized carbons (Fsp3) is 0.444. The van der Waals surface area contributed by atoms with Crippen molar-refractivity contribution in [3.63, 3.8) is 0 Å². The van der Waals surface area contributed by atoms with E-state index in [0.29, 0.717) is 37.3 Å². The number of rotatable bonds is 8. The van der Waals surface area contributed by atoms with Crippen LogP contribution in [0, 0.1) is 0 Å².